The molecule has 1 N–H and O–H groups in total. The van der Waals surface area contributed by atoms with Crippen LogP contribution >= 0.6 is 0 Å². The summed E-state index contributed by atoms with van der Waals surface area (Å²) in [5, 5.41) is 11.1. The second-order valence-electron chi connectivity index (χ2n) is 9.12. The zero-order chi connectivity index (χ0) is 23.5. The summed E-state index contributed by atoms with van der Waals surface area (Å²) < 4.78 is 42.8. The van der Waals surface area contributed by atoms with Crippen LogP contribution in [0.1, 0.15) is 56.8 Å². The van der Waals surface area contributed by atoms with E-state index in [9.17, 15) is 18.3 Å². The summed E-state index contributed by atoms with van der Waals surface area (Å²) in [5.41, 5.74) is 3.28. The van der Waals surface area contributed by atoms with Crippen LogP contribution in [0, 0.1) is 0 Å². The molecule has 1 aromatic heterocycles. The molecule has 7 rings (SSSR count). The Hall–Kier alpha value is -3.44. The number of fused-ring (bicyclic) bond motifs is 1. The lowest BCUT2D eigenvalue weighted by molar-refractivity contribution is -0.138. The van der Waals surface area contributed by atoms with Crippen LogP contribution in [0.4, 0.5) is 13.2 Å². The maximum atomic E-state index is 14.3. The normalized spacial score (nSPS) is 25.0. The van der Waals surface area contributed by atoms with Gasteiger partial charge in [0.05, 0.1) is 17.6 Å². The highest BCUT2D eigenvalue weighted by molar-refractivity contribution is 5.65. The Morgan fingerprint density at radius 1 is 0.735 bits per heavy atom. The zero-order valence-electron chi connectivity index (χ0n) is 18.2. The lowest BCUT2D eigenvalue weighted by Crippen LogP contribution is -2.52. The van der Waals surface area contributed by atoms with Crippen LogP contribution in [0.2, 0.25) is 0 Å². The quantitative estimate of drug-likeness (QED) is 0.386. The van der Waals surface area contributed by atoms with Crippen LogP contribution in [0.5, 0.6) is 0 Å². The number of hydrogen-bond donors (Lipinski definition) is 1. The molecule has 170 valence electrons. The van der Waals surface area contributed by atoms with Gasteiger partial charge in [0.1, 0.15) is 0 Å². The van der Waals surface area contributed by atoms with Gasteiger partial charge < -0.3 is 5.11 Å². The summed E-state index contributed by atoms with van der Waals surface area (Å²) in [6, 6.07) is 27.2. The average Bonchev–Trinajstić information content (AvgIpc) is 2.88. The van der Waals surface area contributed by atoms with Gasteiger partial charge in [0, 0.05) is 29.6 Å². The first-order chi connectivity index (χ1) is 16.5. The summed E-state index contributed by atoms with van der Waals surface area (Å²) in [7, 11) is 0. The van der Waals surface area contributed by atoms with Crippen molar-refractivity contribution in [3.63, 3.8) is 0 Å². The minimum Gasteiger partial charge on any atom is -0.395 e. The van der Waals surface area contributed by atoms with E-state index in [1.807, 2.05) is 60.7 Å². The number of hydrogen-bond acceptors (Lipinski definition) is 2. The van der Waals surface area contributed by atoms with Gasteiger partial charge in [-0.3, -0.25) is 4.98 Å². The maximum absolute atomic E-state index is 14.3. The molecule has 0 saturated carbocycles. The number of rotatable bonds is 3. The van der Waals surface area contributed by atoms with Crippen molar-refractivity contribution >= 4 is 0 Å². The second kappa shape index (κ2) is 7.54. The summed E-state index contributed by atoms with van der Waals surface area (Å²) in [4.78, 5) is 4.64. The number of alkyl halides is 3. The van der Waals surface area contributed by atoms with Crippen LogP contribution in [0.15, 0.2) is 97.2 Å². The molecule has 0 spiro atoms. The minimum atomic E-state index is -4.49. The molecule has 0 radical (unpaired) electrons. The first kappa shape index (κ1) is 21.1. The van der Waals surface area contributed by atoms with Crippen molar-refractivity contribution in [2.75, 3.05) is 6.61 Å². The molecule has 1 heterocycles. The molecule has 2 atom stereocenters. The topological polar surface area (TPSA) is 33.1 Å². The van der Waals surface area contributed by atoms with E-state index in [2.05, 4.69) is 4.98 Å². The molecule has 2 bridgehead atoms. The number of aromatic nitrogens is 1. The average molecular weight is 457 g/mol. The molecule has 0 aliphatic heterocycles. The molecule has 0 fully saturated rings. The zero-order valence-corrected chi connectivity index (χ0v) is 18.2. The van der Waals surface area contributed by atoms with Crippen molar-refractivity contribution < 1.29 is 18.3 Å². The Kier molecular flexibility index (Phi) is 4.68. The van der Waals surface area contributed by atoms with Crippen molar-refractivity contribution in [3.8, 4) is 0 Å². The van der Waals surface area contributed by atoms with Gasteiger partial charge in [0.15, 0.2) is 0 Å². The predicted molar refractivity (Wildman–Crippen MR) is 124 cm³/mol. The Morgan fingerprint density at radius 3 is 1.85 bits per heavy atom. The molecule has 4 aromatic rings. The Labute approximate surface area is 195 Å². The molecular formula is C29H22F3NO. The molecular weight excluding hydrogens is 435 g/mol. The highest BCUT2D eigenvalue weighted by atomic mass is 19.4. The number of aliphatic hydroxyl groups excluding tert-OH is 1. The molecule has 3 aliphatic rings. The van der Waals surface area contributed by atoms with Gasteiger partial charge >= 0.3 is 6.18 Å². The first-order valence-electron chi connectivity index (χ1n) is 11.3. The lowest BCUT2D eigenvalue weighted by Gasteiger charge is -2.57. The highest BCUT2D eigenvalue weighted by Gasteiger charge is 2.60. The molecule has 2 unspecified atom stereocenters. The van der Waals surface area contributed by atoms with Gasteiger partial charge in [-0.05, 0) is 46.0 Å². The number of aliphatic hydroxyl groups is 1. The van der Waals surface area contributed by atoms with Gasteiger partial charge in [0.2, 0.25) is 0 Å². The number of halogens is 3. The van der Waals surface area contributed by atoms with Crippen LogP contribution in [-0.4, -0.2) is 16.7 Å². The summed E-state index contributed by atoms with van der Waals surface area (Å²) >= 11 is 0. The standard InChI is InChI=1S/C29H22F3NO/c30-29(31,32)23-14-6-3-11-20(23)26-25-18-9-1-4-12-21(18)28(17-34,22-13-5-2-10-19(22)25)27(26)24-15-7-8-16-33-24/h1-16,25-27,34H,17H2. The SMILES string of the molecule is OCC12c3ccccc3C(c3ccccc31)C(c1ccccc1C(F)(F)F)C2c1ccccn1. The molecule has 0 saturated heterocycles. The number of benzene rings is 3. The van der Waals surface area contributed by atoms with Gasteiger partial charge in [-0.1, -0.05) is 72.8 Å². The number of nitrogens with zero attached hydrogens (tertiary/aromatic N) is 1. The molecule has 0 amide bonds. The van der Waals surface area contributed by atoms with Gasteiger partial charge in [-0.2, -0.15) is 13.2 Å². The molecule has 5 heteroatoms. The van der Waals surface area contributed by atoms with Crippen molar-refractivity contribution in [1.29, 1.82) is 0 Å². The third kappa shape index (κ3) is 2.77. The van der Waals surface area contributed by atoms with E-state index in [1.165, 1.54) is 6.07 Å². The minimum absolute atomic E-state index is 0.236. The van der Waals surface area contributed by atoms with Gasteiger partial charge in [0.25, 0.3) is 0 Å². The number of pyridine rings is 1. The Morgan fingerprint density at radius 2 is 1.29 bits per heavy atom. The smallest absolute Gasteiger partial charge is 0.395 e. The molecule has 3 aromatic carbocycles. The lowest BCUT2D eigenvalue weighted by atomic mass is 9.45. The molecule has 3 aliphatic carbocycles. The van der Waals surface area contributed by atoms with E-state index in [0.29, 0.717) is 5.69 Å². The monoisotopic (exact) mass is 457 g/mol. The fraction of sp³-hybridized carbons (Fsp3) is 0.207. The van der Waals surface area contributed by atoms with E-state index in [0.717, 1.165) is 28.3 Å². The van der Waals surface area contributed by atoms with Crippen LogP contribution in [0.25, 0.3) is 0 Å². The Bertz CT molecular complexity index is 1320. The maximum Gasteiger partial charge on any atom is 0.416 e. The van der Waals surface area contributed by atoms with Crippen molar-refractivity contribution in [2.45, 2.75) is 29.3 Å². The second-order valence-corrected chi connectivity index (χ2v) is 9.12. The van der Waals surface area contributed by atoms with E-state index in [4.69, 9.17) is 0 Å². The third-order valence-electron chi connectivity index (χ3n) is 7.68. The van der Waals surface area contributed by atoms with E-state index >= 15 is 0 Å². The van der Waals surface area contributed by atoms with Gasteiger partial charge in [-0.25, -0.2) is 0 Å². The van der Waals surface area contributed by atoms with Gasteiger partial charge in [-0.15, -0.1) is 0 Å². The van der Waals surface area contributed by atoms with E-state index < -0.39 is 29.0 Å². The van der Waals surface area contributed by atoms with E-state index in [-0.39, 0.29) is 18.1 Å². The Balaban J connectivity index is 1.76. The molecule has 2 nitrogen and oxygen atoms in total. The van der Waals surface area contributed by atoms with Crippen LogP contribution in [0.3, 0.4) is 0 Å². The summed E-state index contributed by atoms with van der Waals surface area (Å²) in [5.74, 6) is -1.32. The van der Waals surface area contributed by atoms with Crippen molar-refractivity contribution in [2.24, 2.45) is 0 Å². The van der Waals surface area contributed by atoms with E-state index in [1.54, 1.807) is 24.4 Å². The third-order valence-corrected chi connectivity index (χ3v) is 7.68. The molecule has 34 heavy (non-hydrogen) atoms. The first-order valence-corrected chi connectivity index (χ1v) is 11.3. The predicted octanol–water partition coefficient (Wildman–Crippen LogP) is 6.41. The van der Waals surface area contributed by atoms with Crippen LogP contribution in [-0.2, 0) is 11.6 Å². The highest BCUT2D eigenvalue weighted by Crippen LogP contribution is 2.67. The fourth-order valence-corrected chi connectivity index (χ4v) is 6.55. The summed E-state index contributed by atoms with van der Waals surface area (Å²) in [6.07, 6.45) is -2.82. The van der Waals surface area contributed by atoms with Crippen LogP contribution < -0.4 is 0 Å². The fourth-order valence-electron chi connectivity index (χ4n) is 6.55. The largest absolute Gasteiger partial charge is 0.416 e. The summed E-state index contributed by atoms with van der Waals surface area (Å²) in [6.45, 7) is -0.236. The van der Waals surface area contributed by atoms with Crippen molar-refractivity contribution in [1.82, 2.24) is 4.98 Å². The van der Waals surface area contributed by atoms with Crippen molar-refractivity contribution in [3.05, 3.63) is 136 Å².